The Hall–Kier alpha value is -1.18. The third-order valence-corrected chi connectivity index (χ3v) is 4.86. The smallest absolute Gasteiger partial charge is 0.224 e. The molecule has 1 aromatic carbocycles. The molecule has 2 aliphatic rings. The van der Waals surface area contributed by atoms with Crippen LogP contribution in [0, 0.1) is 5.92 Å². The first-order valence-corrected chi connectivity index (χ1v) is 8.92. The topological polar surface area (TPSA) is 65.6 Å². The van der Waals surface area contributed by atoms with Crippen LogP contribution in [0.15, 0.2) is 24.3 Å². The zero-order chi connectivity index (χ0) is 16.8. The molecule has 0 radical (unpaired) electrons. The van der Waals surface area contributed by atoms with Gasteiger partial charge < -0.3 is 15.0 Å². The monoisotopic (exact) mass is 352 g/mol. The molecule has 2 unspecified atom stereocenters. The third-order valence-electron chi connectivity index (χ3n) is 4.61. The van der Waals surface area contributed by atoms with E-state index in [1.807, 2.05) is 17.0 Å². The van der Waals surface area contributed by atoms with Crippen LogP contribution in [0.2, 0.25) is 5.02 Å². The fraction of sp³-hybridized carbons (Fsp3) is 0.588. The van der Waals surface area contributed by atoms with Gasteiger partial charge in [0.25, 0.3) is 0 Å². The van der Waals surface area contributed by atoms with Gasteiger partial charge in [-0.05, 0) is 17.7 Å². The molecule has 2 atom stereocenters. The van der Waals surface area contributed by atoms with Gasteiger partial charge >= 0.3 is 0 Å². The Morgan fingerprint density at radius 2 is 2.04 bits per heavy atom. The van der Waals surface area contributed by atoms with Crippen LogP contribution in [0.3, 0.4) is 0 Å². The average molecular weight is 353 g/mol. The number of hydrogen-bond donors (Lipinski definition) is 3. The molecule has 2 fully saturated rings. The quantitative estimate of drug-likeness (QED) is 0.665. The molecule has 2 heterocycles. The highest BCUT2D eigenvalue weighted by Crippen LogP contribution is 2.25. The number of hydrogen-bond acceptors (Lipinski definition) is 5. The molecule has 2 saturated heterocycles. The van der Waals surface area contributed by atoms with Gasteiger partial charge in [-0.15, -0.1) is 0 Å². The molecule has 0 saturated carbocycles. The zero-order valence-electron chi connectivity index (χ0n) is 13.8. The number of hydrazine groups is 1. The van der Waals surface area contributed by atoms with Crippen LogP contribution in [-0.2, 0) is 9.53 Å². The van der Waals surface area contributed by atoms with Crippen LogP contribution < -0.4 is 16.2 Å². The van der Waals surface area contributed by atoms with Gasteiger partial charge in [0.05, 0.1) is 19.3 Å². The van der Waals surface area contributed by atoms with E-state index in [4.69, 9.17) is 16.3 Å². The lowest BCUT2D eigenvalue weighted by Crippen LogP contribution is -2.42. The van der Waals surface area contributed by atoms with E-state index >= 15 is 0 Å². The maximum absolute atomic E-state index is 12.1. The predicted molar refractivity (Wildman–Crippen MR) is 93.7 cm³/mol. The number of ether oxygens (including phenoxy) is 1. The minimum absolute atomic E-state index is 0.211. The van der Waals surface area contributed by atoms with Crippen LogP contribution in [-0.4, -0.2) is 56.7 Å². The second kappa shape index (κ2) is 8.78. The summed E-state index contributed by atoms with van der Waals surface area (Å²) in [4.78, 5) is 14.0. The summed E-state index contributed by atoms with van der Waals surface area (Å²) >= 11 is 5.96. The maximum Gasteiger partial charge on any atom is 0.224 e. The molecular weight excluding hydrogens is 328 g/mol. The number of halogens is 1. The number of rotatable bonds is 6. The molecule has 7 heteroatoms. The predicted octanol–water partition coefficient (Wildman–Crippen LogP) is 0.944. The van der Waals surface area contributed by atoms with Crippen molar-refractivity contribution in [1.29, 1.82) is 0 Å². The van der Waals surface area contributed by atoms with Crippen molar-refractivity contribution in [1.82, 2.24) is 21.1 Å². The van der Waals surface area contributed by atoms with E-state index < -0.39 is 0 Å². The Kier molecular flexibility index (Phi) is 6.45. The first kappa shape index (κ1) is 17.6. The molecule has 1 aromatic rings. The van der Waals surface area contributed by atoms with Crippen LogP contribution in [0.5, 0.6) is 0 Å². The largest absolute Gasteiger partial charge is 0.378 e. The van der Waals surface area contributed by atoms with Crippen molar-refractivity contribution in [3.8, 4) is 0 Å². The van der Waals surface area contributed by atoms with Gasteiger partial charge in [0.15, 0.2) is 0 Å². The van der Waals surface area contributed by atoms with Gasteiger partial charge in [-0.2, -0.15) is 0 Å². The molecule has 3 N–H and O–H groups in total. The lowest BCUT2D eigenvalue weighted by atomic mass is 9.95. The molecule has 0 spiro atoms. The standard InChI is InChI=1S/C17H25ClN4O2/c18-15-3-1-13(2-4-15)17-14(12-20-21-17)11-19-6-5-16(23)22-7-9-24-10-8-22/h1-4,14,17,19-21H,5-12H2. The van der Waals surface area contributed by atoms with Crippen molar-refractivity contribution in [2.45, 2.75) is 12.5 Å². The fourth-order valence-electron chi connectivity index (χ4n) is 3.20. The van der Waals surface area contributed by atoms with E-state index in [1.54, 1.807) is 0 Å². The van der Waals surface area contributed by atoms with Crippen molar-refractivity contribution in [3.63, 3.8) is 0 Å². The third kappa shape index (κ3) is 4.68. The molecule has 6 nitrogen and oxygen atoms in total. The average Bonchev–Trinajstić information content (AvgIpc) is 3.08. The van der Waals surface area contributed by atoms with Gasteiger partial charge in [0.1, 0.15) is 0 Å². The van der Waals surface area contributed by atoms with E-state index in [2.05, 4.69) is 28.3 Å². The number of amides is 1. The van der Waals surface area contributed by atoms with E-state index in [-0.39, 0.29) is 11.9 Å². The summed E-state index contributed by atoms with van der Waals surface area (Å²) in [5.74, 6) is 0.646. The van der Waals surface area contributed by atoms with Crippen LogP contribution in [0.1, 0.15) is 18.0 Å². The van der Waals surface area contributed by atoms with Crippen molar-refractivity contribution in [2.75, 3.05) is 45.9 Å². The molecule has 0 aromatic heterocycles. The Balaban J connectivity index is 1.40. The van der Waals surface area contributed by atoms with Gasteiger partial charge in [-0.3, -0.25) is 10.2 Å². The summed E-state index contributed by atoms with van der Waals surface area (Å²) in [6.07, 6.45) is 0.541. The van der Waals surface area contributed by atoms with Crippen LogP contribution in [0.4, 0.5) is 0 Å². The summed E-state index contributed by atoms with van der Waals surface area (Å²) in [6.45, 7) is 5.21. The molecule has 2 aliphatic heterocycles. The lowest BCUT2D eigenvalue weighted by molar-refractivity contribution is -0.135. The summed E-state index contributed by atoms with van der Waals surface area (Å²) in [7, 11) is 0. The highest BCUT2D eigenvalue weighted by Gasteiger charge is 2.27. The highest BCUT2D eigenvalue weighted by molar-refractivity contribution is 6.30. The fourth-order valence-corrected chi connectivity index (χ4v) is 3.33. The van der Waals surface area contributed by atoms with Gasteiger partial charge in [0, 0.05) is 50.1 Å². The van der Waals surface area contributed by atoms with Gasteiger partial charge in [0.2, 0.25) is 5.91 Å². The zero-order valence-corrected chi connectivity index (χ0v) is 14.5. The first-order valence-electron chi connectivity index (χ1n) is 8.54. The van der Waals surface area contributed by atoms with Crippen molar-refractivity contribution < 1.29 is 9.53 Å². The minimum atomic E-state index is 0.211. The normalized spacial score (nSPS) is 24.3. The maximum atomic E-state index is 12.1. The number of benzene rings is 1. The number of nitrogens with zero attached hydrogens (tertiary/aromatic N) is 1. The lowest BCUT2D eigenvalue weighted by Gasteiger charge is -2.27. The SMILES string of the molecule is O=C(CCNCC1CNNC1c1ccc(Cl)cc1)N1CCOCC1. The minimum Gasteiger partial charge on any atom is -0.378 e. The molecular formula is C17H25ClN4O2. The van der Waals surface area contributed by atoms with E-state index in [1.165, 1.54) is 5.56 Å². The van der Waals surface area contributed by atoms with Crippen LogP contribution in [0.25, 0.3) is 0 Å². The van der Waals surface area contributed by atoms with Crippen molar-refractivity contribution >= 4 is 17.5 Å². The number of carbonyl (C=O) groups excluding carboxylic acids is 1. The second-order valence-corrected chi connectivity index (χ2v) is 6.70. The number of nitrogens with one attached hydrogen (secondary N) is 3. The second-order valence-electron chi connectivity index (χ2n) is 6.26. The molecule has 0 bridgehead atoms. The Bertz CT molecular complexity index is 534. The summed E-state index contributed by atoms with van der Waals surface area (Å²) in [6, 6.07) is 8.21. The molecule has 24 heavy (non-hydrogen) atoms. The van der Waals surface area contributed by atoms with E-state index in [0.29, 0.717) is 45.2 Å². The Morgan fingerprint density at radius 1 is 1.29 bits per heavy atom. The van der Waals surface area contributed by atoms with E-state index in [9.17, 15) is 4.79 Å². The van der Waals surface area contributed by atoms with E-state index in [0.717, 1.165) is 18.1 Å². The molecule has 132 valence electrons. The number of carbonyl (C=O) groups is 1. The van der Waals surface area contributed by atoms with Gasteiger partial charge in [-0.25, -0.2) is 5.43 Å². The Morgan fingerprint density at radius 3 is 2.79 bits per heavy atom. The van der Waals surface area contributed by atoms with Crippen LogP contribution >= 0.6 is 11.6 Å². The number of morpholine rings is 1. The molecule has 3 rings (SSSR count). The molecule has 0 aliphatic carbocycles. The highest BCUT2D eigenvalue weighted by atomic mass is 35.5. The summed E-state index contributed by atoms with van der Waals surface area (Å²) in [5.41, 5.74) is 7.77. The summed E-state index contributed by atoms with van der Waals surface area (Å²) < 4.78 is 5.27. The molecule has 1 amide bonds. The van der Waals surface area contributed by atoms with Crippen molar-refractivity contribution in [3.05, 3.63) is 34.9 Å². The first-order chi connectivity index (χ1) is 11.7. The van der Waals surface area contributed by atoms with Gasteiger partial charge in [-0.1, -0.05) is 23.7 Å². The summed E-state index contributed by atoms with van der Waals surface area (Å²) in [5, 5.41) is 4.17. The van der Waals surface area contributed by atoms with Crippen molar-refractivity contribution in [2.24, 2.45) is 5.92 Å². The Labute approximate surface area is 147 Å².